The van der Waals surface area contributed by atoms with Gasteiger partial charge in [0.15, 0.2) is 0 Å². The van der Waals surface area contributed by atoms with Crippen molar-refractivity contribution >= 4 is 55.1 Å². The Labute approximate surface area is 180 Å². The monoisotopic (exact) mass is 497 g/mol. The quantitative estimate of drug-likeness (QED) is 0.412. The molecule has 28 heavy (non-hydrogen) atoms. The highest BCUT2D eigenvalue weighted by molar-refractivity contribution is 9.11. The molecule has 0 atom stereocenters. The fourth-order valence-corrected chi connectivity index (χ4v) is 4.44. The second-order valence-electron chi connectivity index (χ2n) is 6.57. The summed E-state index contributed by atoms with van der Waals surface area (Å²) < 4.78 is 7.66. The molecule has 0 saturated carbocycles. The summed E-state index contributed by atoms with van der Waals surface area (Å²) in [7, 11) is 0. The van der Waals surface area contributed by atoms with Crippen LogP contribution in [0, 0.1) is 6.92 Å². The molecule has 0 saturated heterocycles. The summed E-state index contributed by atoms with van der Waals surface area (Å²) in [5.41, 5.74) is 5.51. The van der Waals surface area contributed by atoms with Crippen molar-refractivity contribution in [1.82, 2.24) is 0 Å². The molecule has 1 heterocycles. The number of ether oxygens (including phenoxy) is 1. The van der Waals surface area contributed by atoms with E-state index in [-0.39, 0.29) is 5.91 Å². The Morgan fingerprint density at radius 1 is 1.00 bits per heavy atom. The fourth-order valence-electron chi connectivity index (χ4n) is 3.18. The van der Waals surface area contributed by atoms with Gasteiger partial charge in [-0.25, -0.2) is 0 Å². The van der Waals surface area contributed by atoms with Gasteiger partial charge < -0.3 is 10.1 Å². The minimum Gasteiger partial charge on any atom is -0.489 e. The van der Waals surface area contributed by atoms with Gasteiger partial charge in [0.05, 0.1) is 5.69 Å². The van der Waals surface area contributed by atoms with E-state index in [9.17, 15) is 4.79 Å². The maximum Gasteiger partial charge on any atom is 0.256 e. The number of hydrogen-bond acceptors (Lipinski definition) is 2. The Morgan fingerprint density at radius 2 is 1.71 bits per heavy atom. The van der Waals surface area contributed by atoms with Crippen LogP contribution in [0.5, 0.6) is 5.75 Å². The molecule has 4 rings (SSSR count). The van der Waals surface area contributed by atoms with E-state index < -0.39 is 0 Å². The molecule has 140 valence electrons. The lowest BCUT2D eigenvalue weighted by Crippen LogP contribution is -2.03. The number of nitrogens with one attached hydrogen (secondary N) is 1. The van der Waals surface area contributed by atoms with Crippen molar-refractivity contribution in [3.63, 3.8) is 0 Å². The number of anilines is 1. The number of amides is 1. The Morgan fingerprint density at radius 3 is 2.43 bits per heavy atom. The topological polar surface area (TPSA) is 38.3 Å². The van der Waals surface area contributed by atoms with Crippen molar-refractivity contribution in [1.29, 1.82) is 0 Å². The SMILES string of the molecule is Cc1c(Br)cc(Br)c2c1C(=Cc1ccc(OCc3ccccc3)cc1)C(=O)N2. The number of carbonyl (C=O) groups is 1. The van der Waals surface area contributed by atoms with Gasteiger partial charge in [0.1, 0.15) is 12.4 Å². The lowest BCUT2D eigenvalue weighted by molar-refractivity contribution is -0.110. The Bertz CT molecular complexity index is 1070. The van der Waals surface area contributed by atoms with Gasteiger partial charge in [-0.05, 0) is 63.8 Å². The first-order chi connectivity index (χ1) is 13.5. The Kier molecular flexibility index (Phi) is 5.38. The normalized spacial score (nSPS) is 14.1. The fraction of sp³-hybridized carbons (Fsp3) is 0.0870. The zero-order chi connectivity index (χ0) is 19.7. The molecule has 1 N–H and O–H groups in total. The van der Waals surface area contributed by atoms with Crippen LogP contribution in [0.1, 0.15) is 22.3 Å². The second kappa shape index (κ2) is 7.94. The number of benzene rings is 3. The number of hydrogen-bond donors (Lipinski definition) is 1. The zero-order valence-electron chi connectivity index (χ0n) is 15.1. The maximum atomic E-state index is 12.5. The molecule has 3 aromatic carbocycles. The highest BCUT2D eigenvalue weighted by Crippen LogP contribution is 2.43. The van der Waals surface area contributed by atoms with E-state index in [1.165, 1.54) is 0 Å². The average Bonchev–Trinajstić information content (AvgIpc) is 3.03. The first-order valence-corrected chi connectivity index (χ1v) is 10.4. The van der Waals surface area contributed by atoms with Crippen molar-refractivity contribution in [3.05, 3.63) is 91.9 Å². The van der Waals surface area contributed by atoms with Crippen molar-refractivity contribution in [2.75, 3.05) is 5.32 Å². The molecule has 0 unspecified atom stereocenters. The van der Waals surface area contributed by atoms with E-state index in [1.54, 1.807) is 0 Å². The van der Waals surface area contributed by atoms with Gasteiger partial charge in [-0.3, -0.25) is 4.79 Å². The van der Waals surface area contributed by atoms with Gasteiger partial charge in [0, 0.05) is 20.1 Å². The predicted molar refractivity (Wildman–Crippen MR) is 120 cm³/mol. The third kappa shape index (κ3) is 3.77. The largest absolute Gasteiger partial charge is 0.489 e. The molecule has 0 aromatic heterocycles. The third-order valence-corrected chi connectivity index (χ3v) is 6.12. The first-order valence-electron chi connectivity index (χ1n) is 8.82. The first kappa shape index (κ1) is 19.0. The van der Waals surface area contributed by atoms with Gasteiger partial charge in [0.2, 0.25) is 0 Å². The summed E-state index contributed by atoms with van der Waals surface area (Å²) in [6.07, 6.45) is 1.91. The molecular formula is C23H17Br2NO2. The van der Waals surface area contributed by atoms with Gasteiger partial charge in [-0.15, -0.1) is 0 Å². The summed E-state index contributed by atoms with van der Waals surface area (Å²) in [6, 6.07) is 19.8. The number of halogens is 2. The van der Waals surface area contributed by atoms with Gasteiger partial charge in [-0.2, -0.15) is 0 Å². The van der Waals surface area contributed by atoms with Crippen molar-refractivity contribution in [2.45, 2.75) is 13.5 Å². The van der Waals surface area contributed by atoms with Crippen LogP contribution in [0.4, 0.5) is 5.69 Å². The lowest BCUT2D eigenvalue weighted by atomic mass is 9.99. The van der Waals surface area contributed by atoms with E-state index in [0.717, 1.165) is 42.6 Å². The van der Waals surface area contributed by atoms with Gasteiger partial charge >= 0.3 is 0 Å². The summed E-state index contributed by atoms with van der Waals surface area (Å²) >= 11 is 7.10. The van der Waals surface area contributed by atoms with Crippen LogP contribution >= 0.6 is 31.9 Å². The molecule has 0 bridgehead atoms. The summed E-state index contributed by atoms with van der Waals surface area (Å²) in [6.45, 7) is 2.53. The van der Waals surface area contributed by atoms with Gasteiger partial charge in [0.25, 0.3) is 5.91 Å². The van der Waals surface area contributed by atoms with Crippen LogP contribution in [0.25, 0.3) is 11.6 Å². The molecule has 0 radical (unpaired) electrons. The number of rotatable bonds is 4. The summed E-state index contributed by atoms with van der Waals surface area (Å²) in [5.74, 6) is 0.699. The Balaban J connectivity index is 1.58. The van der Waals surface area contributed by atoms with Crippen LogP contribution in [0.15, 0.2) is 69.6 Å². The molecule has 1 amide bonds. The van der Waals surface area contributed by atoms with Crippen LogP contribution in [0.2, 0.25) is 0 Å². The van der Waals surface area contributed by atoms with Crippen LogP contribution < -0.4 is 10.1 Å². The Hall–Kier alpha value is -2.37. The number of carbonyl (C=O) groups excluding carboxylic acids is 1. The second-order valence-corrected chi connectivity index (χ2v) is 8.28. The smallest absolute Gasteiger partial charge is 0.256 e. The van der Waals surface area contributed by atoms with Crippen molar-refractivity contribution < 1.29 is 9.53 Å². The molecular weight excluding hydrogens is 482 g/mol. The molecule has 1 aliphatic heterocycles. The van der Waals surface area contributed by atoms with E-state index in [0.29, 0.717) is 12.2 Å². The predicted octanol–water partition coefficient (Wildman–Crippen LogP) is 6.59. The number of fused-ring (bicyclic) bond motifs is 1. The minimum atomic E-state index is -0.0960. The van der Waals surface area contributed by atoms with E-state index in [1.807, 2.05) is 73.7 Å². The average molecular weight is 499 g/mol. The van der Waals surface area contributed by atoms with Gasteiger partial charge in [-0.1, -0.05) is 58.4 Å². The highest BCUT2D eigenvalue weighted by atomic mass is 79.9. The standard InChI is InChI=1S/C23H17Br2NO2/c1-14-19(24)12-20(25)22-21(14)18(23(27)26-22)11-15-7-9-17(10-8-15)28-13-16-5-3-2-4-6-16/h2-12H,13H2,1H3,(H,26,27). The molecule has 3 aromatic rings. The van der Waals surface area contributed by atoms with Crippen molar-refractivity contribution in [2.24, 2.45) is 0 Å². The molecule has 0 spiro atoms. The summed E-state index contributed by atoms with van der Waals surface area (Å²) in [5, 5.41) is 2.95. The van der Waals surface area contributed by atoms with E-state index in [2.05, 4.69) is 37.2 Å². The van der Waals surface area contributed by atoms with Crippen LogP contribution in [0.3, 0.4) is 0 Å². The summed E-state index contributed by atoms with van der Waals surface area (Å²) in [4.78, 5) is 12.5. The molecule has 5 heteroatoms. The molecule has 0 fully saturated rings. The minimum absolute atomic E-state index is 0.0960. The molecule has 1 aliphatic rings. The van der Waals surface area contributed by atoms with Crippen molar-refractivity contribution in [3.8, 4) is 5.75 Å². The molecule has 0 aliphatic carbocycles. The maximum absolute atomic E-state index is 12.5. The van der Waals surface area contributed by atoms with Crippen LogP contribution in [-0.2, 0) is 11.4 Å². The lowest BCUT2D eigenvalue weighted by Gasteiger charge is -2.09. The highest BCUT2D eigenvalue weighted by Gasteiger charge is 2.28. The van der Waals surface area contributed by atoms with E-state index >= 15 is 0 Å². The molecule has 3 nitrogen and oxygen atoms in total. The third-order valence-electron chi connectivity index (χ3n) is 4.67. The van der Waals surface area contributed by atoms with Crippen LogP contribution in [-0.4, -0.2) is 5.91 Å². The van der Waals surface area contributed by atoms with E-state index in [4.69, 9.17) is 4.74 Å². The zero-order valence-corrected chi connectivity index (χ0v) is 18.3.